The van der Waals surface area contributed by atoms with Gasteiger partial charge in [-0.25, -0.2) is 4.98 Å². The molecule has 0 saturated carbocycles. The van der Waals surface area contributed by atoms with Gasteiger partial charge in [0.2, 0.25) is 0 Å². The van der Waals surface area contributed by atoms with Crippen LogP contribution in [0.1, 0.15) is 30.5 Å². The highest BCUT2D eigenvalue weighted by Gasteiger charge is 2.23. The second-order valence-corrected chi connectivity index (χ2v) is 5.35. The SMILES string of the molecule is Cc1cc(C)c(N)c(N2CCC(CC(=O)O)CC2)n1. The molecule has 104 valence electrons. The number of carboxylic acid groups (broad SMARTS) is 1. The third kappa shape index (κ3) is 3.16. The summed E-state index contributed by atoms with van der Waals surface area (Å²) in [5, 5.41) is 8.82. The van der Waals surface area contributed by atoms with E-state index in [2.05, 4.69) is 9.88 Å². The molecule has 0 unspecified atom stereocenters. The Kier molecular flexibility index (Phi) is 3.93. The number of carbonyl (C=O) groups is 1. The molecule has 0 aliphatic carbocycles. The van der Waals surface area contributed by atoms with Gasteiger partial charge in [-0.15, -0.1) is 0 Å². The first-order valence-corrected chi connectivity index (χ1v) is 6.68. The number of rotatable bonds is 3. The van der Waals surface area contributed by atoms with Crippen LogP contribution in [0, 0.1) is 19.8 Å². The van der Waals surface area contributed by atoms with Gasteiger partial charge in [0.05, 0.1) is 5.69 Å². The van der Waals surface area contributed by atoms with E-state index in [9.17, 15) is 4.79 Å². The van der Waals surface area contributed by atoms with Gasteiger partial charge in [-0.2, -0.15) is 0 Å². The average molecular weight is 263 g/mol. The van der Waals surface area contributed by atoms with Crippen molar-refractivity contribution in [2.45, 2.75) is 33.1 Å². The van der Waals surface area contributed by atoms with Crippen molar-refractivity contribution < 1.29 is 9.90 Å². The summed E-state index contributed by atoms with van der Waals surface area (Å²) in [6, 6.07) is 1.98. The van der Waals surface area contributed by atoms with Gasteiger partial charge in [0.1, 0.15) is 0 Å². The van der Waals surface area contributed by atoms with Crippen LogP contribution in [0.15, 0.2) is 6.07 Å². The van der Waals surface area contributed by atoms with Crippen molar-refractivity contribution >= 4 is 17.5 Å². The molecule has 2 rings (SSSR count). The summed E-state index contributed by atoms with van der Waals surface area (Å²) in [6.07, 6.45) is 2.05. The van der Waals surface area contributed by atoms with Crippen LogP contribution in [-0.4, -0.2) is 29.1 Å². The Morgan fingerprint density at radius 3 is 2.68 bits per heavy atom. The van der Waals surface area contributed by atoms with Gasteiger partial charge < -0.3 is 15.7 Å². The zero-order chi connectivity index (χ0) is 14.0. The van der Waals surface area contributed by atoms with Crippen molar-refractivity contribution in [3.8, 4) is 0 Å². The molecule has 5 nitrogen and oxygen atoms in total. The zero-order valence-corrected chi connectivity index (χ0v) is 11.5. The molecule has 1 aromatic heterocycles. The lowest BCUT2D eigenvalue weighted by Crippen LogP contribution is -2.35. The summed E-state index contributed by atoms with van der Waals surface area (Å²) in [5.41, 5.74) is 8.86. The molecule has 0 atom stereocenters. The predicted molar refractivity (Wildman–Crippen MR) is 75.3 cm³/mol. The summed E-state index contributed by atoms with van der Waals surface area (Å²) in [4.78, 5) is 17.4. The average Bonchev–Trinajstić information content (AvgIpc) is 2.34. The molecule has 5 heteroatoms. The molecule has 0 aromatic carbocycles. The van der Waals surface area contributed by atoms with E-state index < -0.39 is 5.97 Å². The van der Waals surface area contributed by atoms with Crippen molar-refractivity contribution in [3.63, 3.8) is 0 Å². The molecule has 0 spiro atoms. The van der Waals surface area contributed by atoms with E-state index >= 15 is 0 Å². The van der Waals surface area contributed by atoms with Crippen molar-refractivity contribution in [2.24, 2.45) is 5.92 Å². The van der Waals surface area contributed by atoms with Crippen LogP contribution >= 0.6 is 0 Å². The third-order valence-corrected chi connectivity index (χ3v) is 3.75. The Morgan fingerprint density at radius 1 is 1.47 bits per heavy atom. The van der Waals surface area contributed by atoms with Gasteiger partial charge in [-0.3, -0.25) is 4.79 Å². The van der Waals surface area contributed by atoms with Crippen molar-refractivity contribution in [2.75, 3.05) is 23.7 Å². The van der Waals surface area contributed by atoms with Crippen LogP contribution in [0.3, 0.4) is 0 Å². The number of hydrogen-bond acceptors (Lipinski definition) is 4. The monoisotopic (exact) mass is 263 g/mol. The summed E-state index contributed by atoms with van der Waals surface area (Å²) in [5.74, 6) is 0.426. The molecule has 1 aliphatic rings. The molecule has 0 bridgehead atoms. The maximum absolute atomic E-state index is 10.7. The lowest BCUT2D eigenvalue weighted by atomic mass is 9.93. The summed E-state index contributed by atoms with van der Waals surface area (Å²) in [6.45, 7) is 5.62. The van der Waals surface area contributed by atoms with Crippen LogP contribution in [0.5, 0.6) is 0 Å². The standard InChI is InChI=1S/C14H21N3O2/c1-9-7-10(2)16-14(13(9)15)17-5-3-11(4-6-17)8-12(18)19/h7,11H,3-6,8,15H2,1-2H3,(H,18,19). The number of aryl methyl sites for hydroxylation is 2. The van der Waals surface area contributed by atoms with E-state index in [0.29, 0.717) is 0 Å². The molecule has 1 saturated heterocycles. The molecule has 19 heavy (non-hydrogen) atoms. The van der Waals surface area contributed by atoms with Crippen molar-refractivity contribution in [1.29, 1.82) is 0 Å². The van der Waals surface area contributed by atoms with Crippen LogP contribution in [0.2, 0.25) is 0 Å². The van der Waals surface area contributed by atoms with Gasteiger partial charge in [-0.1, -0.05) is 0 Å². The molecule has 0 amide bonds. The minimum Gasteiger partial charge on any atom is -0.481 e. The van der Waals surface area contributed by atoms with Gasteiger partial charge in [0.25, 0.3) is 0 Å². The Balaban J connectivity index is 2.07. The highest BCUT2D eigenvalue weighted by atomic mass is 16.4. The normalized spacial score (nSPS) is 16.6. The Morgan fingerprint density at radius 2 is 2.11 bits per heavy atom. The fourth-order valence-electron chi connectivity index (χ4n) is 2.66. The van der Waals surface area contributed by atoms with E-state index in [0.717, 1.165) is 48.7 Å². The molecule has 1 aliphatic heterocycles. The Labute approximate surface area is 113 Å². The van der Waals surface area contributed by atoms with Crippen LogP contribution < -0.4 is 10.6 Å². The molecule has 1 fully saturated rings. The molecule has 1 aromatic rings. The number of nitrogens with two attached hydrogens (primary N) is 1. The molecular weight excluding hydrogens is 242 g/mol. The quantitative estimate of drug-likeness (QED) is 0.871. The number of carboxylic acids is 1. The molecule has 2 heterocycles. The van der Waals surface area contributed by atoms with Crippen LogP contribution in [-0.2, 0) is 4.79 Å². The molecular formula is C14H21N3O2. The fourth-order valence-corrected chi connectivity index (χ4v) is 2.66. The Bertz CT molecular complexity index is 480. The van der Waals surface area contributed by atoms with Crippen LogP contribution in [0.4, 0.5) is 11.5 Å². The number of nitrogen functional groups attached to an aromatic ring is 1. The number of pyridine rings is 1. The maximum Gasteiger partial charge on any atom is 0.303 e. The second-order valence-electron chi connectivity index (χ2n) is 5.35. The van der Waals surface area contributed by atoms with E-state index in [-0.39, 0.29) is 12.3 Å². The topological polar surface area (TPSA) is 79.5 Å². The van der Waals surface area contributed by atoms with Crippen molar-refractivity contribution in [1.82, 2.24) is 4.98 Å². The molecule has 3 N–H and O–H groups in total. The van der Waals surface area contributed by atoms with E-state index in [4.69, 9.17) is 10.8 Å². The highest BCUT2D eigenvalue weighted by Crippen LogP contribution is 2.29. The first-order chi connectivity index (χ1) is 8.97. The zero-order valence-electron chi connectivity index (χ0n) is 11.5. The van der Waals surface area contributed by atoms with E-state index in [1.165, 1.54) is 0 Å². The van der Waals surface area contributed by atoms with Gasteiger partial charge in [0, 0.05) is 25.2 Å². The number of aromatic nitrogens is 1. The predicted octanol–water partition coefficient (Wildman–Crippen LogP) is 1.97. The maximum atomic E-state index is 10.7. The summed E-state index contributed by atoms with van der Waals surface area (Å²) >= 11 is 0. The van der Waals surface area contributed by atoms with Gasteiger partial charge in [0.15, 0.2) is 5.82 Å². The lowest BCUT2D eigenvalue weighted by Gasteiger charge is -2.33. The summed E-state index contributed by atoms with van der Waals surface area (Å²) < 4.78 is 0. The smallest absolute Gasteiger partial charge is 0.303 e. The first-order valence-electron chi connectivity index (χ1n) is 6.68. The largest absolute Gasteiger partial charge is 0.481 e. The highest BCUT2D eigenvalue weighted by molar-refractivity contribution is 5.68. The van der Waals surface area contributed by atoms with Crippen LogP contribution in [0.25, 0.3) is 0 Å². The van der Waals surface area contributed by atoms with E-state index in [1.54, 1.807) is 0 Å². The Hall–Kier alpha value is -1.78. The molecule has 0 radical (unpaired) electrons. The number of aliphatic carboxylic acids is 1. The van der Waals surface area contributed by atoms with Gasteiger partial charge in [-0.05, 0) is 44.2 Å². The second kappa shape index (κ2) is 5.47. The third-order valence-electron chi connectivity index (χ3n) is 3.75. The minimum atomic E-state index is -0.706. The lowest BCUT2D eigenvalue weighted by molar-refractivity contribution is -0.138. The minimum absolute atomic E-state index is 0.267. The number of nitrogens with zero attached hydrogens (tertiary/aromatic N) is 2. The first kappa shape index (κ1) is 13.6. The number of piperidine rings is 1. The summed E-state index contributed by atoms with van der Waals surface area (Å²) in [7, 11) is 0. The fraction of sp³-hybridized carbons (Fsp3) is 0.571. The van der Waals surface area contributed by atoms with E-state index in [1.807, 2.05) is 19.9 Å². The number of anilines is 2. The number of hydrogen-bond donors (Lipinski definition) is 2. The van der Waals surface area contributed by atoms with Crippen molar-refractivity contribution in [3.05, 3.63) is 17.3 Å². The van der Waals surface area contributed by atoms with Gasteiger partial charge >= 0.3 is 5.97 Å².